The van der Waals surface area contributed by atoms with Gasteiger partial charge in [-0.2, -0.15) is 8.42 Å². The van der Waals surface area contributed by atoms with Gasteiger partial charge >= 0.3 is 10.4 Å². The molecular formula is C11H16O5S. The standard InChI is InChI=1S/C11H14O.H2O4S/c1-3-7-10-8-5-6-9-11(10)12-4-2;1-5(2,3)4/h3,5-6,8-9H,1,4,7H2,2H3;(H2,1,2,3,4). The third-order valence-corrected chi connectivity index (χ3v) is 1.64. The van der Waals surface area contributed by atoms with Gasteiger partial charge in [0.2, 0.25) is 0 Å². The average Bonchev–Trinajstić information content (AvgIpc) is 2.19. The summed E-state index contributed by atoms with van der Waals surface area (Å²) in [5, 5.41) is 0. The molecule has 6 heteroatoms. The Balaban J connectivity index is 0.000000437. The number of allylic oxidation sites excluding steroid dienone is 1. The molecule has 0 saturated heterocycles. The van der Waals surface area contributed by atoms with E-state index in [0.717, 1.165) is 12.2 Å². The molecule has 0 atom stereocenters. The number of hydrogen-bond acceptors (Lipinski definition) is 3. The molecule has 5 nitrogen and oxygen atoms in total. The minimum Gasteiger partial charge on any atom is -0.494 e. The van der Waals surface area contributed by atoms with Gasteiger partial charge in [0.05, 0.1) is 6.61 Å². The second-order valence-corrected chi connectivity index (χ2v) is 3.88. The quantitative estimate of drug-likeness (QED) is 0.640. The molecule has 0 spiro atoms. The van der Waals surface area contributed by atoms with Crippen molar-refractivity contribution < 1.29 is 22.3 Å². The Kier molecular flexibility index (Phi) is 7.20. The molecule has 0 aliphatic heterocycles. The highest BCUT2D eigenvalue weighted by Crippen LogP contribution is 2.18. The zero-order valence-corrected chi connectivity index (χ0v) is 10.4. The van der Waals surface area contributed by atoms with E-state index in [1.165, 1.54) is 5.56 Å². The van der Waals surface area contributed by atoms with E-state index in [1.807, 2.05) is 31.2 Å². The van der Waals surface area contributed by atoms with Crippen molar-refractivity contribution in [1.29, 1.82) is 0 Å². The summed E-state index contributed by atoms with van der Waals surface area (Å²) in [4.78, 5) is 0. The Morgan fingerprint density at radius 1 is 1.35 bits per heavy atom. The van der Waals surface area contributed by atoms with Crippen LogP contribution in [0.4, 0.5) is 0 Å². The molecule has 0 saturated carbocycles. The third-order valence-electron chi connectivity index (χ3n) is 1.64. The lowest BCUT2D eigenvalue weighted by molar-refractivity contribution is 0.337. The summed E-state index contributed by atoms with van der Waals surface area (Å²) in [6.07, 6.45) is 2.76. The Bertz CT molecular complexity index is 431. The van der Waals surface area contributed by atoms with E-state index in [-0.39, 0.29) is 0 Å². The second-order valence-electron chi connectivity index (χ2n) is 2.98. The zero-order chi connectivity index (χ0) is 13.3. The Morgan fingerprint density at radius 3 is 2.35 bits per heavy atom. The lowest BCUT2D eigenvalue weighted by atomic mass is 10.1. The molecule has 0 aromatic heterocycles. The number of rotatable bonds is 4. The van der Waals surface area contributed by atoms with E-state index < -0.39 is 10.4 Å². The largest absolute Gasteiger partial charge is 0.494 e. The number of hydrogen-bond donors (Lipinski definition) is 2. The summed E-state index contributed by atoms with van der Waals surface area (Å²) in [5.41, 5.74) is 1.20. The van der Waals surface area contributed by atoms with Crippen molar-refractivity contribution in [3.63, 3.8) is 0 Å². The summed E-state index contributed by atoms with van der Waals surface area (Å²) in [6.45, 7) is 6.41. The van der Waals surface area contributed by atoms with Gasteiger partial charge in [-0.1, -0.05) is 24.3 Å². The highest BCUT2D eigenvalue weighted by Gasteiger charge is 1.98. The highest BCUT2D eigenvalue weighted by molar-refractivity contribution is 7.79. The normalized spacial score (nSPS) is 10.1. The number of ether oxygens (including phenoxy) is 1. The predicted molar refractivity (Wildman–Crippen MR) is 65.7 cm³/mol. The maximum Gasteiger partial charge on any atom is 0.394 e. The van der Waals surface area contributed by atoms with Gasteiger partial charge in [0.1, 0.15) is 5.75 Å². The van der Waals surface area contributed by atoms with E-state index >= 15 is 0 Å². The van der Waals surface area contributed by atoms with Gasteiger partial charge in [-0.25, -0.2) is 0 Å². The van der Waals surface area contributed by atoms with E-state index in [9.17, 15) is 0 Å². The van der Waals surface area contributed by atoms with Crippen molar-refractivity contribution in [1.82, 2.24) is 0 Å². The SMILES string of the molecule is C=CCc1ccccc1OCC.O=S(=O)(O)O. The maximum atomic E-state index is 8.74. The summed E-state index contributed by atoms with van der Waals surface area (Å²) in [5.74, 6) is 0.972. The third kappa shape index (κ3) is 9.55. The average molecular weight is 260 g/mol. The summed E-state index contributed by atoms with van der Waals surface area (Å²) in [6, 6.07) is 8.05. The lowest BCUT2D eigenvalue weighted by Crippen LogP contribution is -1.95. The minimum absolute atomic E-state index is 0.716. The van der Waals surface area contributed by atoms with E-state index in [4.69, 9.17) is 22.3 Å². The molecule has 0 heterocycles. The smallest absolute Gasteiger partial charge is 0.394 e. The maximum absolute atomic E-state index is 8.74. The number of benzene rings is 1. The van der Waals surface area contributed by atoms with Crippen LogP contribution in [0.25, 0.3) is 0 Å². The first kappa shape index (κ1) is 15.6. The van der Waals surface area contributed by atoms with Crippen LogP contribution in [0.15, 0.2) is 36.9 Å². The minimum atomic E-state index is -4.67. The lowest BCUT2D eigenvalue weighted by Gasteiger charge is -2.07. The first-order valence-electron chi connectivity index (χ1n) is 4.90. The van der Waals surface area contributed by atoms with Crippen LogP contribution in [-0.4, -0.2) is 24.1 Å². The van der Waals surface area contributed by atoms with Crippen LogP contribution < -0.4 is 4.74 Å². The molecule has 0 unspecified atom stereocenters. The van der Waals surface area contributed by atoms with Crippen LogP contribution in [-0.2, 0) is 16.8 Å². The fraction of sp³-hybridized carbons (Fsp3) is 0.273. The van der Waals surface area contributed by atoms with Gasteiger partial charge in [0, 0.05) is 0 Å². The highest BCUT2D eigenvalue weighted by atomic mass is 32.3. The van der Waals surface area contributed by atoms with Crippen molar-refractivity contribution in [2.75, 3.05) is 6.61 Å². The molecule has 1 aromatic carbocycles. The molecule has 0 fully saturated rings. The predicted octanol–water partition coefficient (Wildman–Crippen LogP) is 2.16. The Labute approximate surface area is 101 Å². The molecule has 0 radical (unpaired) electrons. The molecule has 1 rings (SSSR count). The molecular weight excluding hydrogens is 244 g/mol. The van der Waals surface area contributed by atoms with Crippen molar-refractivity contribution in [3.05, 3.63) is 42.5 Å². The molecule has 0 aliphatic carbocycles. The molecule has 0 aliphatic rings. The fourth-order valence-electron chi connectivity index (χ4n) is 1.12. The van der Waals surface area contributed by atoms with Crippen LogP contribution >= 0.6 is 0 Å². The van der Waals surface area contributed by atoms with Crippen molar-refractivity contribution in [2.45, 2.75) is 13.3 Å². The first-order valence-corrected chi connectivity index (χ1v) is 6.29. The van der Waals surface area contributed by atoms with Gasteiger partial charge < -0.3 is 4.74 Å². The van der Waals surface area contributed by atoms with Gasteiger partial charge in [-0.05, 0) is 25.0 Å². The van der Waals surface area contributed by atoms with Crippen LogP contribution in [0.5, 0.6) is 5.75 Å². The monoisotopic (exact) mass is 260 g/mol. The van der Waals surface area contributed by atoms with Crippen LogP contribution in [0.1, 0.15) is 12.5 Å². The fourth-order valence-corrected chi connectivity index (χ4v) is 1.12. The van der Waals surface area contributed by atoms with E-state index in [0.29, 0.717) is 6.61 Å². The molecule has 0 amide bonds. The summed E-state index contributed by atoms with van der Waals surface area (Å²) >= 11 is 0. The van der Waals surface area contributed by atoms with Gasteiger partial charge in [-0.15, -0.1) is 6.58 Å². The van der Waals surface area contributed by atoms with Crippen LogP contribution in [0.2, 0.25) is 0 Å². The Morgan fingerprint density at radius 2 is 1.88 bits per heavy atom. The van der Waals surface area contributed by atoms with E-state index in [1.54, 1.807) is 0 Å². The molecule has 17 heavy (non-hydrogen) atoms. The van der Waals surface area contributed by atoms with Gasteiger partial charge in [0.15, 0.2) is 0 Å². The molecule has 2 N–H and O–H groups in total. The van der Waals surface area contributed by atoms with Gasteiger partial charge in [0.25, 0.3) is 0 Å². The van der Waals surface area contributed by atoms with Crippen LogP contribution in [0.3, 0.4) is 0 Å². The molecule has 1 aromatic rings. The van der Waals surface area contributed by atoms with Crippen molar-refractivity contribution >= 4 is 10.4 Å². The van der Waals surface area contributed by atoms with E-state index in [2.05, 4.69) is 12.6 Å². The zero-order valence-electron chi connectivity index (χ0n) is 9.54. The topological polar surface area (TPSA) is 83.8 Å². The number of para-hydroxylation sites is 1. The summed E-state index contributed by atoms with van der Waals surface area (Å²) < 4.78 is 37.0. The first-order chi connectivity index (χ1) is 7.88. The van der Waals surface area contributed by atoms with Crippen molar-refractivity contribution in [2.24, 2.45) is 0 Å². The molecule has 0 bridgehead atoms. The summed E-state index contributed by atoms with van der Waals surface area (Å²) in [7, 11) is -4.67. The Hall–Kier alpha value is -1.37. The van der Waals surface area contributed by atoms with Crippen LogP contribution in [0, 0.1) is 0 Å². The van der Waals surface area contributed by atoms with Gasteiger partial charge in [-0.3, -0.25) is 9.11 Å². The van der Waals surface area contributed by atoms with Crippen molar-refractivity contribution in [3.8, 4) is 5.75 Å². The molecule has 96 valence electrons. The second kappa shape index (κ2) is 7.83.